The van der Waals surface area contributed by atoms with Crippen molar-refractivity contribution < 1.29 is 9.53 Å². The van der Waals surface area contributed by atoms with Crippen LogP contribution < -0.4 is 0 Å². The third-order valence-electron chi connectivity index (χ3n) is 2.74. The maximum absolute atomic E-state index is 11.1. The molecule has 14 heavy (non-hydrogen) atoms. The molecule has 1 heterocycles. The number of carbonyl (C=O) groups excluding carboxylic acids is 1. The summed E-state index contributed by atoms with van der Waals surface area (Å²) in [6.45, 7) is 5.99. The number of nitrogens with zero attached hydrogens (tertiary/aromatic N) is 1. The summed E-state index contributed by atoms with van der Waals surface area (Å²) in [5.41, 5.74) is -0.515. The quantitative estimate of drug-likeness (QED) is 0.645. The fourth-order valence-electron chi connectivity index (χ4n) is 2.00. The predicted molar refractivity (Wildman–Crippen MR) is 56.4 cm³/mol. The molecule has 1 atom stereocenters. The van der Waals surface area contributed by atoms with E-state index in [-0.39, 0.29) is 6.10 Å². The highest BCUT2D eigenvalue weighted by molar-refractivity contribution is 5.62. The monoisotopic (exact) mass is 199 g/mol. The van der Waals surface area contributed by atoms with Crippen molar-refractivity contribution in [3.63, 3.8) is 0 Å². The Bertz CT molecular complexity index is 194. The summed E-state index contributed by atoms with van der Waals surface area (Å²) in [6, 6.07) is 0. The Balaban J connectivity index is 2.62. The minimum atomic E-state index is -0.515. The van der Waals surface area contributed by atoms with E-state index in [1.165, 1.54) is 0 Å². The summed E-state index contributed by atoms with van der Waals surface area (Å²) < 4.78 is 5.76. The van der Waals surface area contributed by atoms with Crippen molar-refractivity contribution in [3.8, 4) is 0 Å². The maximum atomic E-state index is 11.1. The van der Waals surface area contributed by atoms with Crippen LogP contribution in [0.2, 0.25) is 0 Å². The molecular formula is C11H21NO2. The molecule has 0 spiro atoms. The van der Waals surface area contributed by atoms with Gasteiger partial charge >= 0.3 is 0 Å². The molecule has 0 saturated carbocycles. The van der Waals surface area contributed by atoms with Crippen LogP contribution in [0.4, 0.5) is 0 Å². The van der Waals surface area contributed by atoms with E-state index in [2.05, 4.69) is 11.9 Å². The largest absolute Gasteiger partial charge is 0.365 e. The summed E-state index contributed by atoms with van der Waals surface area (Å²) in [5, 5.41) is 0. The predicted octanol–water partition coefficient (Wildman–Crippen LogP) is 1.46. The van der Waals surface area contributed by atoms with Gasteiger partial charge in [-0.3, -0.25) is 0 Å². The van der Waals surface area contributed by atoms with E-state index >= 15 is 0 Å². The lowest BCUT2D eigenvalue weighted by molar-refractivity contribution is -0.139. The molecule has 0 radical (unpaired) electrons. The first kappa shape index (κ1) is 11.7. The van der Waals surface area contributed by atoms with Crippen LogP contribution in [0.3, 0.4) is 0 Å². The molecule has 0 aromatic carbocycles. The third-order valence-corrected chi connectivity index (χ3v) is 2.74. The van der Waals surface area contributed by atoms with Gasteiger partial charge < -0.3 is 14.4 Å². The first-order valence-corrected chi connectivity index (χ1v) is 5.41. The van der Waals surface area contributed by atoms with Crippen molar-refractivity contribution in [2.45, 2.75) is 44.8 Å². The zero-order chi connectivity index (χ0) is 10.6. The molecule has 1 rings (SSSR count). The molecule has 3 nitrogen and oxygen atoms in total. The van der Waals surface area contributed by atoms with Crippen LogP contribution in [-0.4, -0.2) is 43.0 Å². The van der Waals surface area contributed by atoms with Crippen molar-refractivity contribution >= 4 is 6.29 Å². The normalized spacial score (nSPS) is 30.3. The van der Waals surface area contributed by atoms with Crippen LogP contribution in [0.1, 0.15) is 33.1 Å². The minimum Gasteiger partial charge on any atom is -0.365 e. The number of rotatable bonds is 3. The first-order chi connectivity index (χ1) is 6.58. The van der Waals surface area contributed by atoms with Crippen LogP contribution in [0, 0.1) is 0 Å². The first-order valence-electron chi connectivity index (χ1n) is 5.41. The Hall–Kier alpha value is -0.410. The van der Waals surface area contributed by atoms with Gasteiger partial charge in [0.2, 0.25) is 0 Å². The summed E-state index contributed by atoms with van der Waals surface area (Å²) >= 11 is 0. The van der Waals surface area contributed by atoms with E-state index in [1.807, 2.05) is 13.8 Å². The molecule has 0 amide bonds. The molecule has 82 valence electrons. The van der Waals surface area contributed by atoms with Crippen LogP contribution in [0.5, 0.6) is 0 Å². The summed E-state index contributed by atoms with van der Waals surface area (Å²) in [4.78, 5) is 13.4. The van der Waals surface area contributed by atoms with Gasteiger partial charge in [0, 0.05) is 6.54 Å². The topological polar surface area (TPSA) is 29.5 Å². The average Bonchev–Trinajstić information content (AvgIpc) is 2.29. The minimum absolute atomic E-state index is 0.128. The Morgan fingerprint density at radius 2 is 2.07 bits per heavy atom. The van der Waals surface area contributed by atoms with E-state index in [1.54, 1.807) is 0 Å². The maximum Gasteiger partial charge on any atom is 0.151 e. The Kier molecular flexibility index (Phi) is 4.08. The van der Waals surface area contributed by atoms with Crippen LogP contribution in [0.15, 0.2) is 0 Å². The van der Waals surface area contributed by atoms with E-state index in [0.29, 0.717) is 0 Å². The molecule has 0 aromatic rings. The molecule has 0 aliphatic carbocycles. The van der Waals surface area contributed by atoms with Crippen molar-refractivity contribution in [3.05, 3.63) is 0 Å². The fraction of sp³-hybridized carbons (Fsp3) is 0.909. The molecule has 3 heteroatoms. The number of aldehydes is 1. The molecule has 1 saturated heterocycles. The highest BCUT2D eigenvalue weighted by Gasteiger charge is 2.33. The standard InChI is InChI=1S/C11H21NO2/c1-10(2)14-11(9-13)5-4-7-12(3)8-6-11/h9-10H,4-8H2,1-3H3. The molecule has 1 fully saturated rings. The van der Waals surface area contributed by atoms with Gasteiger partial charge in [0.1, 0.15) is 5.60 Å². The van der Waals surface area contributed by atoms with E-state index in [0.717, 1.165) is 38.6 Å². The van der Waals surface area contributed by atoms with Gasteiger partial charge in [0.15, 0.2) is 6.29 Å². The van der Waals surface area contributed by atoms with Crippen LogP contribution >= 0.6 is 0 Å². The van der Waals surface area contributed by atoms with Crippen molar-refractivity contribution in [2.24, 2.45) is 0 Å². The second-order valence-corrected chi connectivity index (χ2v) is 4.51. The number of hydrogen-bond donors (Lipinski definition) is 0. The number of likely N-dealkylation sites (tertiary alicyclic amines) is 1. The molecule has 1 unspecified atom stereocenters. The molecule has 0 aromatic heterocycles. The lowest BCUT2D eigenvalue weighted by Gasteiger charge is -2.29. The summed E-state index contributed by atoms with van der Waals surface area (Å²) in [5.74, 6) is 0. The smallest absolute Gasteiger partial charge is 0.151 e. The second-order valence-electron chi connectivity index (χ2n) is 4.51. The van der Waals surface area contributed by atoms with E-state index in [9.17, 15) is 4.79 Å². The highest BCUT2D eigenvalue weighted by Crippen LogP contribution is 2.25. The molecular weight excluding hydrogens is 178 g/mol. The highest BCUT2D eigenvalue weighted by atomic mass is 16.5. The lowest BCUT2D eigenvalue weighted by Crippen LogP contribution is -2.38. The van der Waals surface area contributed by atoms with Gasteiger partial charge in [-0.2, -0.15) is 0 Å². The van der Waals surface area contributed by atoms with E-state index < -0.39 is 5.60 Å². The molecule has 0 N–H and O–H groups in total. The summed E-state index contributed by atoms with van der Waals surface area (Å²) in [6.07, 6.45) is 3.86. The van der Waals surface area contributed by atoms with Gasteiger partial charge in [-0.1, -0.05) is 0 Å². The van der Waals surface area contributed by atoms with Crippen molar-refractivity contribution in [1.82, 2.24) is 4.90 Å². The third kappa shape index (κ3) is 3.07. The molecule has 1 aliphatic rings. The van der Waals surface area contributed by atoms with Crippen LogP contribution in [-0.2, 0) is 9.53 Å². The summed E-state index contributed by atoms with van der Waals surface area (Å²) in [7, 11) is 2.09. The number of ether oxygens (including phenoxy) is 1. The average molecular weight is 199 g/mol. The number of carbonyl (C=O) groups is 1. The SMILES string of the molecule is CC(C)OC1(C=O)CCCN(C)CC1. The zero-order valence-electron chi connectivity index (χ0n) is 9.45. The van der Waals surface area contributed by atoms with Gasteiger partial charge in [-0.25, -0.2) is 0 Å². The van der Waals surface area contributed by atoms with Gasteiger partial charge in [-0.15, -0.1) is 0 Å². The fourth-order valence-corrected chi connectivity index (χ4v) is 2.00. The molecule has 0 bridgehead atoms. The van der Waals surface area contributed by atoms with Gasteiger partial charge in [0.05, 0.1) is 6.10 Å². The Labute approximate surface area is 86.4 Å². The van der Waals surface area contributed by atoms with Crippen molar-refractivity contribution in [2.75, 3.05) is 20.1 Å². The Morgan fingerprint density at radius 1 is 1.36 bits per heavy atom. The second kappa shape index (κ2) is 4.89. The van der Waals surface area contributed by atoms with Gasteiger partial charge in [0.25, 0.3) is 0 Å². The zero-order valence-corrected chi connectivity index (χ0v) is 9.45. The van der Waals surface area contributed by atoms with Crippen molar-refractivity contribution in [1.29, 1.82) is 0 Å². The number of hydrogen-bond acceptors (Lipinski definition) is 3. The lowest BCUT2D eigenvalue weighted by atomic mass is 9.96. The Morgan fingerprint density at radius 3 is 2.64 bits per heavy atom. The van der Waals surface area contributed by atoms with Gasteiger partial charge in [-0.05, 0) is 46.7 Å². The molecule has 1 aliphatic heterocycles. The van der Waals surface area contributed by atoms with Crippen LogP contribution in [0.25, 0.3) is 0 Å². The van der Waals surface area contributed by atoms with E-state index in [4.69, 9.17) is 4.74 Å².